The lowest BCUT2D eigenvalue weighted by Crippen LogP contribution is -2.27. The molecule has 0 spiro atoms. The van der Waals surface area contributed by atoms with Crippen molar-refractivity contribution in [3.8, 4) is 11.1 Å². The van der Waals surface area contributed by atoms with E-state index in [4.69, 9.17) is 0 Å². The Morgan fingerprint density at radius 3 is 2.17 bits per heavy atom. The summed E-state index contributed by atoms with van der Waals surface area (Å²) in [6, 6.07) is 23.1. The second-order valence-electron chi connectivity index (χ2n) is 6.73. The summed E-state index contributed by atoms with van der Waals surface area (Å²) >= 11 is 0. The SMILES string of the molecule is CCC(=O)Nc1ccc(C(C)NS(=O)(=O)c2ccccc2-c2ccccc2)cc1. The van der Waals surface area contributed by atoms with E-state index in [1.807, 2.05) is 48.5 Å². The number of rotatable bonds is 7. The topological polar surface area (TPSA) is 75.3 Å². The van der Waals surface area contributed by atoms with E-state index < -0.39 is 16.1 Å². The van der Waals surface area contributed by atoms with Crippen LogP contribution in [0.4, 0.5) is 5.69 Å². The van der Waals surface area contributed by atoms with Gasteiger partial charge >= 0.3 is 0 Å². The molecule has 0 aliphatic heterocycles. The monoisotopic (exact) mass is 408 g/mol. The molecule has 2 N–H and O–H groups in total. The van der Waals surface area contributed by atoms with Crippen molar-refractivity contribution in [2.24, 2.45) is 0 Å². The van der Waals surface area contributed by atoms with Gasteiger partial charge in [-0.05, 0) is 36.2 Å². The molecule has 6 heteroatoms. The molecule has 5 nitrogen and oxygen atoms in total. The van der Waals surface area contributed by atoms with Crippen molar-refractivity contribution in [2.75, 3.05) is 5.32 Å². The first kappa shape index (κ1) is 20.8. The van der Waals surface area contributed by atoms with Gasteiger partial charge in [-0.25, -0.2) is 13.1 Å². The highest BCUT2D eigenvalue weighted by molar-refractivity contribution is 7.89. The maximum Gasteiger partial charge on any atom is 0.241 e. The quantitative estimate of drug-likeness (QED) is 0.593. The number of hydrogen-bond donors (Lipinski definition) is 2. The molecule has 150 valence electrons. The molecule has 0 radical (unpaired) electrons. The summed E-state index contributed by atoms with van der Waals surface area (Å²) in [5.41, 5.74) is 2.99. The lowest BCUT2D eigenvalue weighted by Gasteiger charge is -2.17. The van der Waals surface area contributed by atoms with Crippen molar-refractivity contribution in [1.29, 1.82) is 0 Å². The fourth-order valence-corrected chi connectivity index (χ4v) is 4.49. The molecule has 29 heavy (non-hydrogen) atoms. The molecule has 1 unspecified atom stereocenters. The van der Waals surface area contributed by atoms with E-state index in [1.54, 1.807) is 44.2 Å². The zero-order valence-electron chi connectivity index (χ0n) is 16.4. The Hall–Kier alpha value is -2.96. The van der Waals surface area contributed by atoms with Crippen LogP contribution in [0.1, 0.15) is 31.9 Å². The molecular formula is C23H24N2O3S. The molecular weight excluding hydrogens is 384 g/mol. The van der Waals surface area contributed by atoms with Crippen LogP contribution in [0.3, 0.4) is 0 Å². The number of hydrogen-bond acceptors (Lipinski definition) is 3. The molecule has 1 amide bonds. The Morgan fingerprint density at radius 1 is 0.897 bits per heavy atom. The average molecular weight is 409 g/mol. The number of nitrogens with one attached hydrogen (secondary N) is 2. The van der Waals surface area contributed by atoms with Gasteiger partial charge in [-0.1, -0.05) is 67.6 Å². The minimum absolute atomic E-state index is 0.0657. The van der Waals surface area contributed by atoms with Crippen LogP contribution in [0, 0.1) is 0 Å². The van der Waals surface area contributed by atoms with Gasteiger partial charge in [-0.2, -0.15) is 0 Å². The minimum Gasteiger partial charge on any atom is -0.326 e. The molecule has 0 saturated heterocycles. The van der Waals surface area contributed by atoms with Gasteiger partial charge in [0.05, 0.1) is 4.90 Å². The van der Waals surface area contributed by atoms with Crippen LogP contribution in [0.25, 0.3) is 11.1 Å². The van der Waals surface area contributed by atoms with E-state index in [0.29, 0.717) is 17.7 Å². The predicted octanol–water partition coefficient (Wildman–Crippen LogP) is 4.74. The maximum absolute atomic E-state index is 13.1. The highest BCUT2D eigenvalue weighted by atomic mass is 32.2. The van der Waals surface area contributed by atoms with Crippen LogP contribution in [0.2, 0.25) is 0 Å². The fourth-order valence-electron chi connectivity index (χ4n) is 3.03. The first-order valence-corrected chi connectivity index (χ1v) is 11.0. The third-order valence-corrected chi connectivity index (χ3v) is 6.21. The van der Waals surface area contributed by atoms with Crippen molar-refractivity contribution in [3.63, 3.8) is 0 Å². The molecule has 0 aliphatic rings. The Labute approximate surface area is 171 Å². The van der Waals surface area contributed by atoms with Crippen molar-refractivity contribution in [1.82, 2.24) is 4.72 Å². The second kappa shape index (κ2) is 9.03. The van der Waals surface area contributed by atoms with Gasteiger partial charge in [0.15, 0.2) is 0 Å². The number of benzene rings is 3. The molecule has 0 saturated carbocycles. The van der Waals surface area contributed by atoms with Crippen molar-refractivity contribution in [2.45, 2.75) is 31.2 Å². The van der Waals surface area contributed by atoms with Gasteiger partial charge in [-0.15, -0.1) is 0 Å². The third-order valence-electron chi connectivity index (χ3n) is 4.61. The smallest absolute Gasteiger partial charge is 0.241 e. The van der Waals surface area contributed by atoms with E-state index in [1.165, 1.54) is 0 Å². The fraction of sp³-hybridized carbons (Fsp3) is 0.174. The summed E-state index contributed by atoms with van der Waals surface area (Å²) in [7, 11) is -3.74. The number of carbonyl (C=O) groups excluding carboxylic acids is 1. The molecule has 1 atom stereocenters. The highest BCUT2D eigenvalue weighted by Gasteiger charge is 2.22. The molecule has 3 aromatic carbocycles. The van der Waals surface area contributed by atoms with Gasteiger partial charge in [0.2, 0.25) is 15.9 Å². The lowest BCUT2D eigenvalue weighted by molar-refractivity contribution is -0.115. The summed E-state index contributed by atoms with van der Waals surface area (Å²) in [6.07, 6.45) is 0.402. The first-order valence-electron chi connectivity index (χ1n) is 9.47. The van der Waals surface area contributed by atoms with Gasteiger partial charge in [0.1, 0.15) is 0 Å². The maximum atomic E-state index is 13.1. The standard InChI is InChI=1S/C23H24N2O3S/c1-3-23(26)24-20-15-13-18(14-16-20)17(2)25-29(27,28)22-12-8-7-11-21(22)19-9-5-4-6-10-19/h4-17,25H,3H2,1-2H3,(H,24,26). The normalized spacial score (nSPS) is 12.3. The van der Waals surface area contributed by atoms with Crippen LogP contribution >= 0.6 is 0 Å². The van der Waals surface area contributed by atoms with Gasteiger partial charge < -0.3 is 5.32 Å². The molecule has 3 rings (SSSR count). The number of amides is 1. The van der Waals surface area contributed by atoms with E-state index in [-0.39, 0.29) is 10.8 Å². The van der Waals surface area contributed by atoms with Crippen molar-refractivity contribution in [3.05, 3.63) is 84.4 Å². The van der Waals surface area contributed by atoms with Gasteiger partial charge in [0, 0.05) is 23.7 Å². The van der Waals surface area contributed by atoms with E-state index in [2.05, 4.69) is 10.0 Å². The molecule has 3 aromatic rings. The van der Waals surface area contributed by atoms with Crippen molar-refractivity contribution >= 4 is 21.6 Å². The Morgan fingerprint density at radius 2 is 1.52 bits per heavy atom. The molecule has 0 aromatic heterocycles. The zero-order chi connectivity index (χ0) is 20.9. The third kappa shape index (κ3) is 5.10. The predicted molar refractivity (Wildman–Crippen MR) is 116 cm³/mol. The van der Waals surface area contributed by atoms with E-state index in [9.17, 15) is 13.2 Å². The number of anilines is 1. The summed E-state index contributed by atoms with van der Waals surface area (Å²) in [6.45, 7) is 3.58. The highest BCUT2D eigenvalue weighted by Crippen LogP contribution is 2.28. The lowest BCUT2D eigenvalue weighted by atomic mass is 10.1. The number of sulfonamides is 1. The average Bonchev–Trinajstić information content (AvgIpc) is 2.74. The molecule has 0 fully saturated rings. The second-order valence-corrected chi connectivity index (χ2v) is 8.41. The van der Waals surface area contributed by atoms with Gasteiger partial charge in [0.25, 0.3) is 0 Å². The number of carbonyl (C=O) groups is 1. The zero-order valence-corrected chi connectivity index (χ0v) is 17.2. The van der Waals surface area contributed by atoms with E-state index in [0.717, 1.165) is 11.1 Å². The summed E-state index contributed by atoms with van der Waals surface area (Å²) in [5.74, 6) is -0.0657. The first-order chi connectivity index (χ1) is 13.9. The summed E-state index contributed by atoms with van der Waals surface area (Å²) in [4.78, 5) is 11.7. The van der Waals surface area contributed by atoms with E-state index >= 15 is 0 Å². The van der Waals surface area contributed by atoms with Crippen LogP contribution in [-0.4, -0.2) is 14.3 Å². The largest absolute Gasteiger partial charge is 0.326 e. The molecule has 0 aliphatic carbocycles. The van der Waals surface area contributed by atoms with Crippen molar-refractivity contribution < 1.29 is 13.2 Å². The Kier molecular flexibility index (Phi) is 6.46. The van der Waals surface area contributed by atoms with Gasteiger partial charge in [-0.3, -0.25) is 4.79 Å². The summed E-state index contributed by atoms with van der Waals surface area (Å²) in [5, 5.41) is 2.78. The molecule has 0 bridgehead atoms. The Balaban J connectivity index is 1.82. The van der Waals surface area contributed by atoms with Crippen LogP contribution in [0.5, 0.6) is 0 Å². The Bertz CT molecular complexity index is 1080. The van der Waals surface area contributed by atoms with Crippen LogP contribution in [0.15, 0.2) is 83.8 Å². The van der Waals surface area contributed by atoms with Crippen LogP contribution < -0.4 is 10.0 Å². The van der Waals surface area contributed by atoms with Crippen LogP contribution in [-0.2, 0) is 14.8 Å². The minimum atomic E-state index is -3.74. The molecule has 0 heterocycles. The summed E-state index contributed by atoms with van der Waals surface area (Å²) < 4.78 is 28.9.